The van der Waals surface area contributed by atoms with Crippen LogP contribution in [-0.4, -0.2) is 22.2 Å². The first-order chi connectivity index (χ1) is 8.61. The summed E-state index contributed by atoms with van der Waals surface area (Å²) in [7, 11) is 0. The molecular formula is C14H15NO3. The van der Waals surface area contributed by atoms with E-state index in [0.29, 0.717) is 0 Å². The third-order valence-electron chi connectivity index (χ3n) is 2.81. The summed E-state index contributed by atoms with van der Waals surface area (Å²) < 4.78 is 5.57. The first-order valence-electron chi connectivity index (χ1n) is 5.91. The van der Waals surface area contributed by atoms with Crippen LogP contribution in [0.15, 0.2) is 30.3 Å². The first-order valence-corrected chi connectivity index (χ1v) is 5.91. The summed E-state index contributed by atoms with van der Waals surface area (Å²) >= 11 is 0. The van der Waals surface area contributed by atoms with E-state index in [9.17, 15) is 9.90 Å². The van der Waals surface area contributed by atoms with Crippen molar-refractivity contribution >= 4 is 16.9 Å². The Bertz CT molecular complexity index is 580. The van der Waals surface area contributed by atoms with Gasteiger partial charge >= 0.3 is 5.97 Å². The Balaban J connectivity index is 2.54. The number of rotatable bonds is 4. The third kappa shape index (κ3) is 2.42. The molecule has 0 aliphatic rings. The molecule has 94 valence electrons. The summed E-state index contributed by atoms with van der Waals surface area (Å²) in [5, 5.41) is 9.99. The third-order valence-corrected chi connectivity index (χ3v) is 2.81. The van der Waals surface area contributed by atoms with Crippen LogP contribution < -0.4 is 4.74 Å². The Labute approximate surface area is 105 Å². The Morgan fingerprint density at radius 1 is 1.44 bits per heavy atom. The first kappa shape index (κ1) is 12.4. The molecule has 4 nitrogen and oxygen atoms in total. The van der Waals surface area contributed by atoms with Crippen LogP contribution >= 0.6 is 0 Å². The van der Waals surface area contributed by atoms with Crippen molar-refractivity contribution in [2.75, 3.05) is 0 Å². The molecule has 4 heteroatoms. The number of carboxylic acid groups (broad SMARTS) is 1. The predicted octanol–water partition coefficient (Wildman–Crippen LogP) is 3.11. The second-order valence-corrected chi connectivity index (χ2v) is 4.18. The van der Waals surface area contributed by atoms with Crippen LogP contribution in [0, 0.1) is 0 Å². The minimum atomic E-state index is -1.02. The lowest BCUT2D eigenvalue weighted by Crippen LogP contribution is -2.14. The highest BCUT2D eigenvalue weighted by atomic mass is 16.5. The monoisotopic (exact) mass is 245 g/mol. The predicted molar refractivity (Wildman–Crippen MR) is 69.1 cm³/mol. The molecule has 0 saturated carbocycles. The van der Waals surface area contributed by atoms with E-state index in [4.69, 9.17) is 4.74 Å². The van der Waals surface area contributed by atoms with Crippen LogP contribution in [0.2, 0.25) is 0 Å². The topological polar surface area (TPSA) is 59.4 Å². The van der Waals surface area contributed by atoms with Crippen molar-refractivity contribution in [2.24, 2.45) is 0 Å². The van der Waals surface area contributed by atoms with Crippen molar-refractivity contribution in [1.29, 1.82) is 0 Å². The molecule has 0 spiro atoms. The van der Waals surface area contributed by atoms with Gasteiger partial charge in [0.15, 0.2) is 0 Å². The SMILES string of the molecule is CCC(C)Oc1nc2ccccc2cc1C(=O)O. The number of pyridine rings is 1. The Morgan fingerprint density at radius 2 is 2.17 bits per heavy atom. The number of carbonyl (C=O) groups is 1. The van der Waals surface area contributed by atoms with Gasteiger partial charge in [-0.05, 0) is 25.5 Å². The number of hydrogen-bond donors (Lipinski definition) is 1. The second-order valence-electron chi connectivity index (χ2n) is 4.18. The average molecular weight is 245 g/mol. The fourth-order valence-corrected chi connectivity index (χ4v) is 1.62. The lowest BCUT2D eigenvalue weighted by atomic mass is 10.1. The van der Waals surface area contributed by atoms with Gasteiger partial charge < -0.3 is 9.84 Å². The van der Waals surface area contributed by atoms with Crippen molar-refractivity contribution < 1.29 is 14.6 Å². The highest BCUT2D eigenvalue weighted by Gasteiger charge is 2.16. The number of nitrogens with zero attached hydrogens (tertiary/aromatic N) is 1. The maximum Gasteiger partial charge on any atom is 0.341 e. The van der Waals surface area contributed by atoms with Gasteiger partial charge in [-0.2, -0.15) is 0 Å². The number of aromatic nitrogens is 1. The van der Waals surface area contributed by atoms with Crippen molar-refractivity contribution in [2.45, 2.75) is 26.4 Å². The molecule has 1 N–H and O–H groups in total. The van der Waals surface area contributed by atoms with Gasteiger partial charge in [0.25, 0.3) is 0 Å². The molecule has 18 heavy (non-hydrogen) atoms. The van der Waals surface area contributed by atoms with Crippen molar-refractivity contribution in [3.05, 3.63) is 35.9 Å². The molecule has 0 fully saturated rings. The number of aromatic carboxylic acids is 1. The number of benzene rings is 1. The lowest BCUT2D eigenvalue weighted by molar-refractivity contribution is 0.0688. The fraction of sp³-hybridized carbons (Fsp3) is 0.286. The van der Waals surface area contributed by atoms with Crippen LogP contribution in [0.25, 0.3) is 10.9 Å². The Hall–Kier alpha value is -2.10. The van der Waals surface area contributed by atoms with Crippen molar-refractivity contribution in [1.82, 2.24) is 4.98 Å². The smallest absolute Gasteiger partial charge is 0.341 e. The van der Waals surface area contributed by atoms with Gasteiger partial charge in [-0.15, -0.1) is 0 Å². The molecule has 2 aromatic rings. The molecular weight excluding hydrogens is 230 g/mol. The maximum absolute atomic E-state index is 11.2. The molecule has 2 rings (SSSR count). The van der Waals surface area contributed by atoms with Crippen molar-refractivity contribution in [3.8, 4) is 5.88 Å². The molecule has 0 aliphatic carbocycles. The zero-order valence-electron chi connectivity index (χ0n) is 10.4. The quantitative estimate of drug-likeness (QED) is 0.899. The molecule has 1 aromatic carbocycles. The number of fused-ring (bicyclic) bond motifs is 1. The van der Waals surface area contributed by atoms with Gasteiger partial charge in [0, 0.05) is 5.39 Å². The van der Waals surface area contributed by atoms with Gasteiger partial charge in [0.05, 0.1) is 11.6 Å². The number of carboxylic acids is 1. The summed E-state index contributed by atoms with van der Waals surface area (Å²) in [5.41, 5.74) is 0.842. The fourth-order valence-electron chi connectivity index (χ4n) is 1.62. The highest BCUT2D eigenvalue weighted by molar-refractivity contribution is 5.95. The molecule has 1 aromatic heterocycles. The van der Waals surface area contributed by atoms with E-state index in [0.717, 1.165) is 17.3 Å². The van der Waals surface area contributed by atoms with Gasteiger partial charge in [-0.1, -0.05) is 25.1 Å². The number of ether oxygens (including phenoxy) is 1. The number of para-hydroxylation sites is 1. The molecule has 0 radical (unpaired) electrons. The standard InChI is InChI=1S/C14H15NO3/c1-3-9(2)18-13-11(14(16)17)8-10-6-4-5-7-12(10)15-13/h4-9H,3H2,1-2H3,(H,16,17). The van der Waals surface area contributed by atoms with Crippen LogP contribution in [0.3, 0.4) is 0 Å². The second kappa shape index (κ2) is 5.04. The van der Waals surface area contributed by atoms with Crippen molar-refractivity contribution in [3.63, 3.8) is 0 Å². The summed E-state index contributed by atoms with van der Waals surface area (Å²) in [6.07, 6.45) is 0.741. The van der Waals surface area contributed by atoms with Crippen LogP contribution in [0.1, 0.15) is 30.6 Å². The average Bonchev–Trinajstić information content (AvgIpc) is 2.37. The van der Waals surface area contributed by atoms with E-state index >= 15 is 0 Å². The summed E-state index contributed by atoms with van der Waals surface area (Å²) in [4.78, 5) is 15.5. The van der Waals surface area contributed by atoms with Gasteiger partial charge in [-0.3, -0.25) is 0 Å². The van der Waals surface area contributed by atoms with Gasteiger partial charge in [-0.25, -0.2) is 9.78 Å². The lowest BCUT2D eigenvalue weighted by Gasteiger charge is -2.14. The van der Waals surface area contributed by atoms with E-state index < -0.39 is 5.97 Å². The van der Waals surface area contributed by atoms with E-state index in [1.54, 1.807) is 6.07 Å². The molecule has 1 heterocycles. The molecule has 1 unspecified atom stereocenters. The Kier molecular flexibility index (Phi) is 3.46. The summed E-state index contributed by atoms with van der Waals surface area (Å²) in [6.45, 7) is 3.87. The van der Waals surface area contributed by atoms with Gasteiger partial charge in [0.2, 0.25) is 5.88 Å². The maximum atomic E-state index is 11.2. The summed E-state index contributed by atoms with van der Waals surface area (Å²) in [5.74, 6) is -0.831. The van der Waals surface area contributed by atoms with Crippen LogP contribution in [0.4, 0.5) is 0 Å². The molecule has 0 saturated heterocycles. The Morgan fingerprint density at radius 3 is 2.83 bits per heavy atom. The normalized spacial score (nSPS) is 12.3. The molecule has 0 amide bonds. The zero-order chi connectivity index (χ0) is 13.1. The highest BCUT2D eigenvalue weighted by Crippen LogP contribution is 2.23. The van der Waals surface area contributed by atoms with Crippen LogP contribution in [0.5, 0.6) is 5.88 Å². The van der Waals surface area contributed by atoms with E-state index in [1.165, 1.54) is 0 Å². The van der Waals surface area contributed by atoms with Gasteiger partial charge in [0.1, 0.15) is 5.56 Å². The molecule has 1 atom stereocenters. The van der Waals surface area contributed by atoms with E-state index in [2.05, 4.69) is 4.98 Å². The molecule has 0 aliphatic heterocycles. The molecule has 0 bridgehead atoms. The van der Waals surface area contributed by atoms with E-state index in [1.807, 2.05) is 38.1 Å². The minimum absolute atomic E-state index is 0.0586. The zero-order valence-corrected chi connectivity index (χ0v) is 10.4. The number of hydrogen-bond acceptors (Lipinski definition) is 3. The summed E-state index contributed by atoms with van der Waals surface area (Å²) in [6, 6.07) is 8.99. The van der Waals surface area contributed by atoms with E-state index in [-0.39, 0.29) is 17.5 Å². The minimum Gasteiger partial charge on any atom is -0.477 e. The largest absolute Gasteiger partial charge is 0.477 e. The van der Waals surface area contributed by atoms with Crippen LogP contribution in [-0.2, 0) is 0 Å².